The van der Waals surface area contributed by atoms with Gasteiger partial charge >= 0.3 is 0 Å². The Kier molecular flexibility index (Phi) is 5.76. The van der Waals surface area contributed by atoms with Crippen LogP contribution < -0.4 is 10.1 Å². The van der Waals surface area contributed by atoms with E-state index in [-0.39, 0.29) is 11.9 Å². The molecule has 0 radical (unpaired) electrons. The first-order valence-corrected chi connectivity index (χ1v) is 7.85. The van der Waals surface area contributed by atoms with Gasteiger partial charge in [0, 0.05) is 16.1 Å². The van der Waals surface area contributed by atoms with Crippen molar-refractivity contribution in [2.75, 3.05) is 6.54 Å². The van der Waals surface area contributed by atoms with E-state index in [0.29, 0.717) is 5.75 Å². The molecule has 4 heteroatoms. The van der Waals surface area contributed by atoms with Crippen molar-refractivity contribution in [3.05, 3.63) is 58.3 Å². The van der Waals surface area contributed by atoms with E-state index in [1.165, 1.54) is 12.1 Å². The van der Waals surface area contributed by atoms with E-state index in [1.807, 2.05) is 18.2 Å². The van der Waals surface area contributed by atoms with Crippen LogP contribution in [-0.2, 0) is 0 Å². The van der Waals surface area contributed by atoms with Crippen LogP contribution in [-0.4, -0.2) is 6.54 Å². The molecule has 21 heavy (non-hydrogen) atoms. The molecule has 1 N–H and O–H groups in total. The van der Waals surface area contributed by atoms with Crippen LogP contribution in [0.15, 0.2) is 46.9 Å². The van der Waals surface area contributed by atoms with Crippen LogP contribution in [0, 0.1) is 5.82 Å². The molecule has 0 saturated heterocycles. The lowest BCUT2D eigenvalue weighted by atomic mass is 10.1. The summed E-state index contributed by atoms with van der Waals surface area (Å²) in [6.45, 7) is 5.20. The van der Waals surface area contributed by atoms with Crippen molar-refractivity contribution in [1.82, 2.24) is 5.32 Å². The van der Waals surface area contributed by atoms with E-state index in [9.17, 15) is 4.39 Å². The first-order valence-electron chi connectivity index (χ1n) is 7.06. The monoisotopic (exact) mass is 351 g/mol. The second kappa shape index (κ2) is 7.57. The predicted molar refractivity (Wildman–Crippen MR) is 87.3 cm³/mol. The fourth-order valence-electron chi connectivity index (χ4n) is 2.05. The van der Waals surface area contributed by atoms with Gasteiger partial charge in [0.1, 0.15) is 17.3 Å². The highest BCUT2D eigenvalue weighted by atomic mass is 79.9. The molecule has 0 aliphatic carbocycles. The zero-order chi connectivity index (χ0) is 15.2. The van der Waals surface area contributed by atoms with Gasteiger partial charge in [-0.25, -0.2) is 4.39 Å². The minimum atomic E-state index is -0.269. The maximum Gasteiger partial charge on any atom is 0.133 e. The van der Waals surface area contributed by atoms with Gasteiger partial charge in [-0.05, 0) is 56.3 Å². The normalized spacial score (nSPS) is 12.2. The number of hydrogen-bond acceptors (Lipinski definition) is 2. The number of benzene rings is 2. The second-order valence-electron chi connectivity index (χ2n) is 4.91. The molecule has 0 saturated carbocycles. The van der Waals surface area contributed by atoms with Crippen LogP contribution in [0.5, 0.6) is 11.5 Å². The lowest BCUT2D eigenvalue weighted by Gasteiger charge is -2.18. The van der Waals surface area contributed by atoms with E-state index in [2.05, 4.69) is 35.1 Å². The molecule has 0 aliphatic rings. The maximum atomic E-state index is 13.0. The molecule has 2 rings (SSSR count). The van der Waals surface area contributed by atoms with Crippen LogP contribution in [0.4, 0.5) is 4.39 Å². The summed E-state index contributed by atoms with van der Waals surface area (Å²) >= 11 is 3.46. The number of ether oxygens (including phenoxy) is 1. The van der Waals surface area contributed by atoms with Crippen LogP contribution in [0.3, 0.4) is 0 Å². The summed E-state index contributed by atoms with van der Waals surface area (Å²) in [7, 11) is 0. The molecule has 112 valence electrons. The predicted octanol–water partition coefficient (Wildman–Crippen LogP) is 5.44. The van der Waals surface area contributed by atoms with Crippen LogP contribution in [0.25, 0.3) is 0 Å². The molecule has 0 aromatic heterocycles. The van der Waals surface area contributed by atoms with Crippen LogP contribution in [0.2, 0.25) is 0 Å². The summed E-state index contributed by atoms with van der Waals surface area (Å²) in [6, 6.07) is 12.2. The molecule has 2 aromatic carbocycles. The minimum absolute atomic E-state index is 0.188. The molecule has 1 unspecified atom stereocenters. The topological polar surface area (TPSA) is 21.3 Å². The van der Waals surface area contributed by atoms with Crippen molar-refractivity contribution in [3.8, 4) is 11.5 Å². The summed E-state index contributed by atoms with van der Waals surface area (Å²) < 4.78 is 19.8. The Labute approximate surface area is 133 Å². The van der Waals surface area contributed by atoms with Gasteiger partial charge in [0.25, 0.3) is 0 Å². The van der Waals surface area contributed by atoms with E-state index in [1.54, 1.807) is 12.1 Å². The summed E-state index contributed by atoms with van der Waals surface area (Å²) in [4.78, 5) is 0. The Morgan fingerprint density at radius 2 is 1.90 bits per heavy atom. The number of halogens is 2. The summed E-state index contributed by atoms with van der Waals surface area (Å²) in [6.07, 6.45) is 1.08. The molecular formula is C17H19BrFNO. The molecule has 0 heterocycles. The maximum absolute atomic E-state index is 13.0. The summed E-state index contributed by atoms with van der Waals surface area (Å²) in [5, 5.41) is 3.45. The van der Waals surface area contributed by atoms with Gasteiger partial charge in [0.15, 0.2) is 0 Å². The average Bonchev–Trinajstić information content (AvgIpc) is 2.47. The third kappa shape index (κ3) is 4.55. The highest BCUT2D eigenvalue weighted by Crippen LogP contribution is 2.32. The zero-order valence-electron chi connectivity index (χ0n) is 12.2. The van der Waals surface area contributed by atoms with Crippen LogP contribution >= 0.6 is 15.9 Å². The van der Waals surface area contributed by atoms with E-state index in [0.717, 1.165) is 28.8 Å². The summed E-state index contributed by atoms with van der Waals surface area (Å²) in [5.41, 5.74) is 1.08. The van der Waals surface area contributed by atoms with Gasteiger partial charge in [-0.1, -0.05) is 28.9 Å². The molecule has 0 bridgehead atoms. The molecule has 2 aromatic rings. The Bertz CT molecular complexity index is 586. The fraction of sp³-hybridized carbons (Fsp3) is 0.294. The van der Waals surface area contributed by atoms with E-state index < -0.39 is 0 Å². The molecule has 0 aliphatic heterocycles. The number of hydrogen-bond donors (Lipinski definition) is 1. The third-order valence-electron chi connectivity index (χ3n) is 3.18. The SMILES string of the molecule is CCCNC(C)c1ccc(Br)cc1Oc1ccc(F)cc1. The van der Waals surface area contributed by atoms with Gasteiger partial charge < -0.3 is 10.1 Å². The Morgan fingerprint density at radius 3 is 2.57 bits per heavy atom. The first kappa shape index (κ1) is 16.0. The molecule has 0 fully saturated rings. The minimum Gasteiger partial charge on any atom is -0.457 e. The third-order valence-corrected chi connectivity index (χ3v) is 3.68. The Balaban J connectivity index is 2.24. The van der Waals surface area contributed by atoms with Gasteiger partial charge in [-0.2, -0.15) is 0 Å². The van der Waals surface area contributed by atoms with Crippen molar-refractivity contribution in [2.24, 2.45) is 0 Å². The van der Waals surface area contributed by atoms with Gasteiger partial charge in [0.05, 0.1) is 0 Å². The number of rotatable bonds is 6. The molecule has 2 nitrogen and oxygen atoms in total. The Morgan fingerprint density at radius 1 is 1.19 bits per heavy atom. The van der Waals surface area contributed by atoms with E-state index in [4.69, 9.17) is 4.74 Å². The Hall–Kier alpha value is -1.39. The number of nitrogens with one attached hydrogen (secondary N) is 1. The molecule has 0 spiro atoms. The molecule has 0 amide bonds. The summed E-state index contributed by atoms with van der Waals surface area (Å²) in [5.74, 6) is 1.13. The van der Waals surface area contributed by atoms with Crippen molar-refractivity contribution < 1.29 is 9.13 Å². The lowest BCUT2D eigenvalue weighted by Crippen LogP contribution is -2.19. The quantitative estimate of drug-likeness (QED) is 0.747. The van der Waals surface area contributed by atoms with Crippen molar-refractivity contribution in [3.63, 3.8) is 0 Å². The average molecular weight is 352 g/mol. The highest BCUT2D eigenvalue weighted by molar-refractivity contribution is 9.10. The lowest BCUT2D eigenvalue weighted by molar-refractivity contribution is 0.459. The highest BCUT2D eigenvalue weighted by Gasteiger charge is 2.12. The standard InChI is InChI=1S/C17H19BrFNO/c1-3-10-20-12(2)16-9-4-13(18)11-17(16)21-15-7-5-14(19)6-8-15/h4-9,11-12,20H,3,10H2,1-2H3. The fourth-order valence-corrected chi connectivity index (χ4v) is 2.39. The van der Waals surface area contributed by atoms with Crippen molar-refractivity contribution in [2.45, 2.75) is 26.3 Å². The largest absolute Gasteiger partial charge is 0.457 e. The van der Waals surface area contributed by atoms with Crippen molar-refractivity contribution >= 4 is 15.9 Å². The van der Waals surface area contributed by atoms with Gasteiger partial charge in [-0.3, -0.25) is 0 Å². The second-order valence-corrected chi connectivity index (χ2v) is 5.83. The molecular weight excluding hydrogens is 333 g/mol. The van der Waals surface area contributed by atoms with Gasteiger partial charge in [0.2, 0.25) is 0 Å². The smallest absolute Gasteiger partial charge is 0.133 e. The van der Waals surface area contributed by atoms with Crippen LogP contribution in [0.1, 0.15) is 31.9 Å². The van der Waals surface area contributed by atoms with Gasteiger partial charge in [-0.15, -0.1) is 0 Å². The van der Waals surface area contributed by atoms with E-state index >= 15 is 0 Å². The van der Waals surface area contributed by atoms with Crippen molar-refractivity contribution in [1.29, 1.82) is 0 Å². The zero-order valence-corrected chi connectivity index (χ0v) is 13.8. The molecule has 1 atom stereocenters. The first-order chi connectivity index (χ1) is 10.1.